The lowest BCUT2D eigenvalue weighted by atomic mass is 10.2. The van der Waals surface area contributed by atoms with Gasteiger partial charge in [-0.2, -0.15) is 5.10 Å². The normalized spacial score (nSPS) is 10.3. The molecule has 0 unspecified atom stereocenters. The van der Waals surface area contributed by atoms with E-state index in [1.54, 1.807) is 30.3 Å². The minimum Gasteiger partial charge on any atom is -0.490 e. The molecule has 0 atom stereocenters. The van der Waals surface area contributed by atoms with E-state index in [9.17, 15) is 9.59 Å². The second-order valence-corrected chi connectivity index (χ2v) is 6.07. The average Bonchev–Trinajstić information content (AvgIpc) is 2.65. The van der Waals surface area contributed by atoms with Gasteiger partial charge in [0.05, 0.1) is 12.8 Å². The molecule has 0 aliphatic heterocycles. The van der Waals surface area contributed by atoms with Crippen LogP contribution in [0.25, 0.3) is 0 Å². The summed E-state index contributed by atoms with van der Waals surface area (Å²) in [5.41, 5.74) is 3.59. The fourth-order valence-electron chi connectivity index (χ4n) is 1.95. The Balaban J connectivity index is 1.80. The summed E-state index contributed by atoms with van der Waals surface area (Å²) in [6, 6.07) is 14.1. The number of nitrogens with one attached hydrogen (secondary N) is 2. The Hall–Kier alpha value is -2.93. The molecule has 0 saturated carbocycles. The van der Waals surface area contributed by atoms with Gasteiger partial charge in [-0.25, -0.2) is 5.43 Å². The van der Waals surface area contributed by atoms with E-state index < -0.39 is 5.91 Å². The molecule has 0 heterocycles. The van der Waals surface area contributed by atoms with Gasteiger partial charge in [-0.15, -0.1) is 0 Å². The Labute approximate surface area is 160 Å². The van der Waals surface area contributed by atoms with E-state index in [0.29, 0.717) is 17.9 Å². The van der Waals surface area contributed by atoms with Crippen LogP contribution in [0.1, 0.15) is 15.9 Å². The summed E-state index contributed by atoms with van der Waals surface area (Å²) in [7, 11) is 0. The molecule has 0 aliphatic rings. The quantitative estimate of drug-likeness (QED) is 0.395. The zero-order valence-corrected chi connectivity index (χ0v) is 15.5. The molecular weight excluding hydrogens is 398 g/mol. The highest BCUT2D eigenvalue weighted by Crippen LogP contribution is 2.12. The zero-order valence-electron chi connectivity index (χ0n) is 13.9. The van der Waals surface area contributed by atoms with Crippen LogP contribution in [-0.4, -0.2) is 31.2 Å². The Morgan fingerprint density at radius 1 is 1.19 bits per heavy atom. The van der Waals surface area contributed by atoms with Crippen LogP contribution in [0.5, 0.6) is 5.75 Å². The summed E-state index contributed by atoms with van der Waals surface area (Å²) in [5, 5.41) is 6.40. The highest BCUT2D eigenvalue weighted by Gasteiger charge is 2.07. The number of carbonyl (C=O) groups excluding carboxylic acids is 2. The van der Waals surface area contributed by atoms with Crippen LogP contribution >= 0.6 is 15.9 Å². The number of hydrazone groups is 1. The third kappa shape index (κ3) is 6.52. The van der Waals surface area contributed by atoms with Gasteiger partial charge >= 0.3 is 0 Å². The van der Waals surface area contributed by atoms with Gasteiger partial charge in [0.1, 0.15) is 12.4 Å². The molecule has 0 fully saturated rings. The summed E-state index contributed by atoms with van der Waals surface area (Å²) in [5.74, 6) is -0.0809. The highest BCUT2D eigenvalue weighted by atomic mass is 79.9. The summed E-state index contributed by atoms with van der Waals surface area (Å²) in [6.07, 6.45) is 3.15. The molecule has 0 radical (unpaired) electrons. The highest BCUT2D eigenvalue weighted by molar-refractivity contribution is 9.10. The van der Waals surface area contributed by atoms with Gasteiger partial charge < -0.3 is 10.1 Å². The van der Waals surface area contributed by atoms with E-state index in [-0.39, 0.29) is 12.5 Å². The van der Waals surface area contributed by atoms with Crippen molar-refractivity contribution in [3.8, 4) is 5.75 Å². The fraction of sp³-hybridized carbons (Fsp3) is 0.105. The maximum atomic E-state index is 11.9. The van der Waals surface area contributed by atoms with Gasteiger partial charge in [0.15, 0.2) is 0 Å². The van der Waals surface area contributed by atoms with Crippen LogP contribution < -0.4 is 15.5 Å². The number of benzene rings is 2. The van der Waals surface area contributed by atoms with Crippen molar-refractivity contribution in [3.63, 3.8) is 0 Å². The molecule has 6 nitrogen and oxygen atoms in total. The van der Waals surface area contributed by atoms with E-state index >= 15 is 0 Å². The number of ether oxygens (including phenoxy) is 1. The standard InChI is InChI=1S/C19H18BrN3O3/c1-2-9-26-17-8-3-5-14(10-17)12-22-23-18(24)13-21-19(25)15-6-4-7-16(20)11-15/h2-8,10-12H,1,9,13H2,(H,21,25)(H,23,24)/b22-12+. The first-order valence-corrected chi connectivity index (χ1v) is 8.57. The number of carbonyl (C=O) groups is 2. The van der Waals surface area contributed by atoms with Gasteiger partial charge in [0.2, 0.25) is 0 Å². The first-order valence-electron chi connectivity index (χ1n) is 7.78. The van der Waals surface area contributed by atoms with Gasteiger partial charge in [-0.3, -0.25) is 9.59 Å². The van der Waals surface area contributed by atoms with E-state index in [1.165, 1.54) is 6.21 Å². The number of hydrogen-bond acceptors (Lipinski definition) is 4. The minimum absolute atomic E-state index is 0.175. The Kier molecular flexibility index (Phi) is 7.57. The monoisotopic (exact) mass is 415 g/mol. The van der Waals surface area contributed by atoms with Gasteiger partial charge in [-0.05, 0) is 35.9 Å². The summed E-state index contributed by atoms with van der Waals surface area (Å²) < 4.78 is 6.21. The van der Waals surface area contributed by atoms with Crippen LogP contribution in [0.4, 0.5) is 0 Å². The van der Waals surface area contributed by atoms with Crippen molar-refractivity contribution >= 4 is 34.0 Å². The number of amides is 2. The van der Waals surface area contributed by atoms with E-state index in [0.717, 1.165) is 10.0 Å². The fourth-order valence-corrected chi connectivity index (χ4v) is 2.35. The number of halogens is 1. The molecule has 2 rings (SSSR count). The molecule has 7 heteroatoms. The molecule has 2 aromatic rings. The number of nitrogens with zero attached hydrogens (tertiary/aromatic N) is 1. The van der Waals surface area contributed by atoms with E-state index in [4.69, 9.17) is 4.74 Å². The third-order valence-electron chi connectivity index (χ3n) is 3.13. The van der Waals surface area contributed by atoms with Gasteiger partial charge in [-0.1, -0.05) is 46.8 Å². The van der Waals surface area contributed by atoms with Crippen LogP contribution in [0, 0.1) is 0 Å². The van der Waals surface area contributed by atoms with Gasteiger partial charge in [0, 0.05) is 10.0 Å². The molecule has 2 N–H and O–H groups in total. The van der Waals surface area contributed by atoms with Crippen molar-refractivity contribution in [1.82, 2.24) is 10.7 Å². The second-order valence-electron chi connectivity index (χ2n) is 5.16. The summed E-state index contributed by atoms with van der Waals surface area (Å²) in [6.45, 7) is 3.83. The Bertz CT molecular complexity index is 821. The maximum Gasteiger partial charge on any atom is 0.259 e. The Morgan fingerprint density at radius 2 is 2.00 bits per heavy atom. The lowest BCUT2D eigenvalue weighted by Gasteiger charge is -2.05. The topological polar surface area (TPSA) is 79.8 Å². The Morgan fingerprint density at radius 3 is 2.77 bits per heavy atom. The van der Waals surface area contributed by atoms with Crippen LogP contribution in [0.15, 0.2) is 70.8 Å². The van der Waals surface area contributed by atoms with E-state index in [1.807, 2.05) is 24.3 Å². The lowest BCUT2D eigenvalue weighted by Crippen LogP contribution is -2.34. The predicted octanol–water partition coefficient (Wildman–Crippen LogP) is 2.89. The molecule has 0 bridgehead atoms. The van der Waals surface area contributed by atoms with Crippen molar-refractivity contribution in [2.75, 3.05) is 13.2 Å². The molecule has 0 spiro atoms. The SMILES string of the molecule is C=CCOc1cccc(/C=N/NC(=O)CNC(=O)c2cccc(Br)c2)c1. The molecule has 134 valence electrons. The average molecular weight is 416 g/mol. The number of rotatable bonds is 8. The molecule has 0 saturated heterocycles. The second kappa shape index (κ2) is 10.1. The minimum atomic E-state index is -0.427. The van der Waals surface area contributed by atoms with Gasteiger partial charge in [0.25, 0.3) is 11.8 Å². The molecule has 2 amide bonds. The predicted molar refractivity (Wildman–Crippen MR) is 104 cm³/mol. The van der Waals surface area contributed by atoms with Crippen molar-refractivity contribution in [2.45, 2.75) is 0 Å². The largest absolute Gasteiger partial charge is 0.490 e. The molecule has 0 aliphatic carbocycles. The van der Waals surface area contributed by atoms with Crippen LogP contribution in [-0.2, 0) is 4.79 Å². The first kappa shape index (κ1) is 19.4. The number of hydrogen-bond donors (Lipinski definition) is 2. The van der Waals surface area contributed by atoms with Crippen molar-refractivity contribution in [1.29, 1.82) is 0 Å². The molecular formula is C19H18BrN3O3. The van der Waals surface area contributed by atoms with Crippen molar-refractivity contribution in [2.24, 2.45) is 5.10 Å². The van der Waals surface area contributed by atoms with Crippen LogP contribution in [0.2, 0.25) is 0 Å². The zero-order chi connectivity index (χ0) is 18.8. The first-order chi connectivity index (χ1) is 12.6. The maximum absolute atomic E-state index is 11.9. The lowest BCUT2D eigenvalue weighted by molar-refractivity contribution is -0.120. The van der Waals surface area contributed by atoms with Crippen molar-refractivity contribution in [3.05, 3.63) is 76.8 Å². The molecule has 0 aromatic heterocycles. The summed E-state index contributed by atoms with van der Waals surface area (Å²) in [4.78, 5) is 23.7. The van der Waals surface area contributed by atoms with Crippen molar-refractivity contribution < 1.29 is 14.3 Å². The molecule has 2 aromatic carbocycles. The van der Waals surface area contributed by atoms with E-state index in [2.05, 4.69) is 38.4 Å². The van der Waals surface area contributed by atoms with Crippen LogP contribution in [0.3, 0.4) is 0 Å². The smallest absolute Gasteiger partial charge is 0.259 e. The molecule has 26 heavy (non-hydrogen) atoms. The third-order valence-corrected chi connectivity index (χ3v) is 3.62. The summed E-state index contributed by atoms with van der Waals surface area (Å²) >= 11 is 3.29.